The van der Waals surface area contributed by atoms with Crippen molar-refractivity contribution >= 4 is 0 Å². The van der Waals surface area contributed by atoms with Gasteiger partial charge in [0.05, 0.1) is 21.3 Å². The Morgan fingerprint density at radius 3 is 2.07 bits per heavy atom. The average molecular weight is 200 g/mol. The summed E-state index contributed by atoms with van der Waals surface area (Å²) in [5, 5.41) is 0. The van der Waals surface area contributed by atoms with Crippen LogP contribution in [0.25, 0.3) is 0 Å². The zero-order chi connectivity index (χ0) is 10.6. The topological polar surface area (TPSA) is 40.8 Å². The Labute approximate surface area is 83.8 Å². The zero-order valence-corrected chi connectivity index (χ0v) is 9.05. The number of furan rings is 1. The Morgan fingerprint density at radius 2 is 1.64 bits per heavy atom. The van der Waals surface area contributed by atoms with Crippen LogP contribution in [-0.4, -0.2) is 21.3 Å². The van der Waals surface area contributed by atoms with E-state index < -0.39 is 0 Å². The van der Waals surface area contributed by atoms with E-state index in [2.05, 4.69) is 6.92 Å². The molecular formula is C10H16O4. The van der Waals surface area contributed by atoms with Gasteiger partial charge >= 0.3 is 5.95 Å². The number of aryl methyl sites for hydroxylation is 1. The molecule has 4 heteroatoms. The van der Waals surface area contributed by atoms with Crippen molar-refractivity contribution in [3.8, 4) is 17.4 Å². The molecule has 0 aliphatic carbocycles. The molecule has 14 heavy (non-hydrogen) atoms. The van der Waals surface area contributed by atoms with E-state index in [0.717, 1.165) is 18.6 Å². The number of ether oxygens (including phenoxy) is 3. The first-order valence-electron chi connectivity index (χ1n) is 4.56. The van der Waals surface area contributed by atoms with E-state index in [-0.39, 0.29) is 0 Å². The minimum Gasteiger partial charge on any atom is -0.490 e. The van der Waals surface area contributed by atoms with Gasteiger partial charge in [0.15, 0.2) is 5.76 Å². The molecule has 1 aromatic heterocycles. The highest BCUT2D eigenvalue weighted by Gasteiger charge is 2.22. The molecule has 1 heterocycles. The largest absolute Gasteiger partial charge is 0.490 e. The highest BCUT2D eigenvalue weighted by atomic mass is 16.6. The third-order valence-electron chi connectivity index (χ3n) is 1.93. The molecule has 0 saturated carbocycles. The summed E-state index contributed by atoms with van der Waals surface area (Å²) in [4.78, 5) is 0. The first-order chi connectivity index (χ1) is 6.78. The van der Waals surface area contributed by atoms with E-state index in [1.807, 2.05) is 0 Å². The Hall–Kier alpha value is -1.32. The molecule has 1 rings (SSSR count). The lowest BCUT2D eigenvalue weighted by atomic mass is 10.2. The van der Waals surface area contributed by atoms with E-state index in [4.69, 9.17) is 18.6 Å². The van der Waals surface area contributed by atoms with Gasteiger partial charge in [0.2, 0.25) is 11.5 Å². The van der Waals surface area contributed by atoms with Gasteiger partial charge in [0.1, 0.15) is 0 Å². The van der Waals surface area contributed by atoms with Crippen molar-refractivity contribution in [2.75, 3.05) is 21.3 Å². The van der Waals surface area contributed by atoms with Gasteiger partial charge in [-0.05, 0) is 6.42 Å². The van der Waals surface area contributed by atoms with Crippen molar-refractivity contribution < 1.29 is 18.6 Å². The van der Waals surface area contributed by atoms with E-state index in [1.165, 1.54) is 7.11 Å². The van der Waals surface area contributed by atoms with Gasteiger partial charge in [0, 0.05) is 6.42 Å². The molecule has 0 saturated heterocycles. The quantitative estimate of drug-likeness (QED) is 0.731. The van der Waals surface area contributed by atoms with E-state index in [9.17, 15) is 0 Å². The maximum atomic E-state index is 5.45. The third kappa shape index (κ3) is 1.78. The minimum atomic E-state index is 0.368. The normalized spacial score (nSPS) is 10.0. The molecule has 1 aromatic rings. The molecule has 0 aromatic carbocycles. The molecule has 0 bridgehead atoms. The van der Waals surface area contributed by atoms with Crippen LogP contribution >= 0.6 is 0 Å². The summed E-state index contributed by atoms with van der Waals surface area (Å²) in [5.74, 6) is 2.29. The molecule has 0 aliphatic rings. The molecule has 0 atom stereocenters. The van der Waals surface area contributed by atoms with Crippen LogP contribution in [0.5, 0.6) is 17.4 Å². The predicted octanol–water partition coefficient (Wildman–Crippen LogP) is 2.26. The Morgan fingerprint density at radius 1 is 1.00 bits per heavy atom. The first-order valence-corrected chi connectivity index (χ1v) is 4.56. The smallest absolute Gasteiger partial charge is 0.332 e. The standard InChI is InChI=1S/C10H16O4/c1-5-6-7-8(11-2)9(12-3)10(13-4)14-7/h5-6H2,1-4H3. The maximum Gasteiger partial charge on any atom is 0.332 e. The SMILES string of the molecule is CCCc1oc(OC)c(OC)c1OC. The number of hydrogen-bond donors (Lipinski definition) is 0. The molecule has 0 fully saturated rings. The van der Waals surface area contributed by atoms with Gasteiger partial charge in [-0.25, -0.2) is 0 Å². The highest BCUT2D eigenvalue weighted by molar-refractivity contribution is 5.49. The van der Waals surface area contributed by atoms with Crippen LogP contribution in [0.2, 0.25) is 0 Å². The summed E-state index contributed by atoms with van der Waals surface area (Å²) in [5.41, 5.74) is 0. The molecule has 80 valence electrons. The average Bonchev–Trinajstić information content (AvgIpc) is 2.55. The van der Waals surface area contributed by atoms with Crippen molar-refractivity contribution in [1.29, 1.82) is 0 Å². The van der Waals surface area contributed by atoms with Crippen LogP contribution in [0.15, 0.2) is 4.42 Å². The monoisotopic (exact) mass is 200 g/mol. The van der Waals surface area contributed by atoms with Crippen molar-refractivity contribution in [3.05, 3.63) is 5.76 Å². The molecule has 0 spiro atoms. The lowest BCUT2D eigenvalue weighted by molar-refractivity contribution is 0.272. The van der Waals surface area contributed by atoms with Crippen molar-refractivity contribution in [1.82, 2.24) is 0 Å². The van der Waals surface area contributed by atoms with Gasteiger partial charge < -0.3 is 18.6 Å². The van der Waals surface area contributed by atoms with E-state index >= 15 is 0 Å². The fraction of sp³-hybridized carbons (Fsp3) is 0.600. The van der Waals surface area contributed by atoms with Crippen molar-refractivity contribution in [3.63, 3.8) is 0 Å². The fourth-order valence-electron chi connectivity index (χ4n) is 1.33. The van der Waals surface area contributed by atoms with E-state index in [0.29, 0.717) is 17.4 Å². The molecular weight excluding hydrogens is 184 g/mol. The van der Waals surface area contributed by atoms with Crippen LogP contribution in [-0.2, 0) is 6.42 Å². The van der Waals surface area contributed by atoms with Crippen LogP contribution in [0, 0.1) is 0 Å². The molecule has 0 N–H and O–H groups in total. The number of methoxy groups -OCH3 is 3. The summed E-state index contributed by atoms with van der Waals surface area (Å²) in [7, 11) is 4.69. The molecule has 0 amide bonds. The van der Waals surface area contributed by atoms with E-state index in [1.54, 1.807) is 14.2 Å². The number of hydrogen-bond acceptors (Lipinski definition) is 4. The minimum absolute atomic E-state index is 0.368. The summed E-state index contributed by atoms with van der Waals surface area (Å²) in [6, 6.07) is 0. The fourth-order valence-corrected chi connectivity index (χ4v) is 1.33. The van der Waals surface area contributed by atoms with Crippen molar-refractivity contribution in [2.45, 2.75) is 19.8 Å². The van der Waals surface area contributed by atoms with Crippen LogP contribution < -0.4 is 14.2 Å². The van der Waals surface area contributed by atoms with Gasteiger partial charge in [-0.3, -0.25) is 0 Å². The van der Waals surface area contributed by atoms with Gasteiger partial charge in [0.25, 0.3) is 0 Å². The molecule has 0 unspecified atom stereocenters. The summed E-state index contributed by atoms with van der Waals surface area (Å²) < 4.78 is 20.8. The van der Waals surface area contributed by atoms with Crippen LogP contribution in [0.4, 0.5) is 0 Å². The maximum absolute atomic E-state index is 5.45. The second-order valence-corrected chi connectivity index (χ2v) is 2.83. The second-order valence-electron chi connectivity index (χ2n) is 2.83. The predicted molar refractivity (Wildman–Crippen MR) is 52.4 cm³/mol. The van der Waals surface area contributed by atoms with Gasteiger partial charge in [-0.15, -0.1) is 0 Å². The first kappa shape index (κ1) is 10.8. The lowest BCUT2D eigenvalue weighted by Gasteiger charge is -2.01. The van der Waals surface area contributed by atoms with Crippen molar-refractivity contribution in [2.24, 2.45) is 0 Å². The van der Waals surface area contributed by atoms with Crippen LogP contribution in [0.1, 0.15) is 19.1 Å². The van der Waals surface area contributed by atoms with Crippen LogP contribution in [0.3, 0.4) is 0 Å². The van der Waals surface area contributed by atoms with Gasteiger partial charge in [-0.2, -0.15) is 0 Å². The second kappa shape index (κ2) is 4.79. The third-order valence-corrected chi connectivity index (χ3v) is 1.93. The zero-order valence-electron chi connectivity index (χ0n) is 9.05. The summed E-state index contributed by atoms with van der Waals surface area (Å²) in [6.45, 7) is 2.07. The molecule has 0 radical (unpaired) electrons. The van der Waals surface area contributed by atoms with Gasteiger partial charge in [-0.1, -0.05) is 6.92 Å². The summed E-state index contributed by atoms with van der Waals surface area (Å²) >= 11 is 0. The Balaban J connectivity index is 3.10. The highest BCUT2D eigenvalue weighted by Crippen LogP contribution is 2.43. The Bertz CT molecular complexity index is 291. The molecule has 4 nitrogen and oxygen atoms in total. The summed E-state index contributed by atoms with van der Waals surface area (Å²) in [6.07, 6.45) is 1.79. The number of rotatable bonds is 5. The molecule has 0 aliphatic heterocycles. The lowest BCUT2D eigenvalue weighted by Crippen LogP contribution is -1.91. The Kier molecular flexibility index (Phi) is 3.68.